The Morgan fingerprint density at radius 3 is 2.74 bits per heavy atom. The predicted octanol–water partition coefficient (Wildman–Crippen LogP) is 2.11. The van der Waals surface area contributed by atoms with Crippen LogP contribution in [0.1, 0.15) is 5.56 Å². The fourth-order valence-electron chi connectivity index (χ4n) is 3.94. The van der Waals surface area contributed by atoms with Crippen molar-refractivity contribution in [2.24, 2.45) is 0 Å². The summed E-state index contributed by atoms with van der Waals surface area (Å²) in [6.45, 7) is 3.10. The number of carbonyl (C=O) groups excluding carboxylic acids is 1. The van der Waals surface area contributed by atoms with E-state index in [9.17, 15) is 18.0 Å². The van der Waals surface area contributed by atoms with Crippen molar-refractivity contribution in [1.29, 1.82) is 0 Å². The van der Waals surface area contributed by atoms with Crippen molar-refractivity contribution >= 4 is 34.4 Å². The first-order valence-corrected chi connectivity index (χ1v) is 10.0. The molecule has 0 radical (unpaired) electrons. The van der Waals surface area contributed by atoms with Crippen molar-refractivity contribution in [3.63, 3.8) is 0 Å². The molecule has 1 amide bonds. The van der Waals surface area contributed by atoms with Gasteiger partial charge in [0.1, 0.15) is 5.82 Å². The Kier molecular flexibility index (Phi) is 4.74. The first-order chi connectivity index (χ1) is 14.8. The van der Waals surface area contributed by atoms with Crippen LogP contribution in [0.25, 0.3) is 16.7 Å². The van der Waals surface area contributed by atoms with Crippen LogP contribution in [0.15, 0.2) is 30.5 Å². The van der Waals surface area contributed by atoms with E-state index in [0.717, 1.165) is 18.7 Å². The molecule has 2 saturated heterocycles. The number of hydrogen-bond donors (Lipinski definition) is 1. The summed E-state index contributed by atoms with van der Waals surface area (Å²) in [6, 6.07) is 5.09. The van der Waals surface area contributed by atoms with Gasteiger partial charge in [0.25, 0.3) is 0 Å². The number of nitrogens with zero attached hydrogens (tertiary/aromatic N) is 6. The first kappa shape index (κ1) is 20.0. The Labute approximate surface area is 179 Å². The molecule has 2 fully saturated rings. The molecule has 3 aromatic rings. The molecule has 0 atom stereocenters. The van der Waals surface area contributed by atoms with Crippen LogP contribution in [-0.2, 0) is 11.0 Å². The second-order valence-corrected chi connectivity index (χ2v) is 7.88. The molecular formula is C19H17ClF3N7O. The minimum absolute atomic E-state index is 0.0135. The molecule has 1 N–H and O–H groups in total. The Morgan fingerprint density at radius 2 is 2.00 bits per heavy atom. The van der Waals surface area contributed by atoms with E-state index >= 15 is 0 Å². The molecule has 12 heteroatoms. The molecule has 162 valence electrons. The van der Waals surface area contributed by atoms with Crippen LogP contribution >= 0.6 is 11.6 Å². The first-order valence-electron chi connectivity index (χ1n) is 9.64. The molecule has 31 heavy (non-hydrogen) atoms. The van der Waals surface area contributed by atoms with Gasteiger partial charge in [-0.2, -0.15) is 28.2 Å². The number of piperazine rings is 1. The van der Waals surface area contributed by atoms with Gasteiger partial charge in [0, 0.05) is 32.2 Å². The average molecular weight is 452 g/mol. The zero-order chi connectivity index (χ0) is 21.8. The summed E-state index contributed by atoms with van der Waals surface area (Å²) in [5.74, 6) is 0.588. The maximum atomic E-state index is 13.1. The van der Waals surface area contributed by atoms with Gasteiger partial charge in [-0.15, -0.1) is 0 Å². The molecule has 0 bridgehead atoms. The highest BCUT2D eigenvalue weighted by Crippen LogP contribution is 2.33. The highest BCUT2D eigenvalue weighted by Gasteiger charge is 2.36. The van der Waals surface area contributed by atoms with Crippen molar-refractivity contribution in [1.82, 2.24) is 30.0 Å². The molecule has 2 aliphatic heterocycles. The molecule has 0 spiro atoms. The third-order valence-electron chi connectivity index (χ3n) is 5.55. The third-order valence-corrected chi connectivity index (χ3v) is 5.71. The van der Waals surface area contributed by atoms with Crippen molar-refractivity contribution in [2.75, 3.05) is 37.6 Å². The number of hydrogen-bond acceptors (Lipinski definition) is 6. The minimum Gasteiger partial charge on any atom is -0.354 e. The van der Waals surface area contributed by atoms with E-state index in [1.54, 1.807) is 0 Å². The predicted molar refractivity (Wildman–Crippen MR) is 107 cm³/mol. The number of alkyl halides is 3. The second-order valence-electron chi connectivity index (χ2n) is 7.54. The molecule has 0 saturated carbocycles. The van der Waals surface area contributed by atoms with Crippen molar-refractivity contribution in [2.45, 2.75) is 12.2 Å². The smallest absolute Gasteiger partial charge is 0.354 e. The molecule has 2 aromatic heterocycles. The largest absolute Gasteiger partial charge is 0.416 e. The van der Waals surface area contributed by atoms with E-state index in [1.165, 1.54) is 23.0 Å². The maximum Gasteiger partial charge on any atom is 0.416 e. The summed E-state index contributed by atoms with van der Waals surface area (Å²) in [7, 11) is 0. The van der Waals surface area contributed by atoms with E-state index in [0.29, 0.717) is 43.0 Å². The lowest BCUT2D eigenvalue weighted by Gasteiger charge is -2.47. The topological polar surface area (TPSA) is 79.2 Å². The van der Waals surface area contributed by atoms with Crippen LogP contribution in [0.3, 0.4) is 0 Å². The highest BCUT2D eigenvalue weighted by molar-refractivity contribution is 6.28. The van der Waals surface area contributed by atoms with Gasteiger partial charge in [-0.05, 0) is 29.8 Å². The highest BCUT2D eigenvalue weighted by atomic mass is 35.5. The molecule has 4 heterocycles. The van der Waals surface area contributed by atoms with E-state index < -0.39 is 11.7 Å². The monoisotopic (exact) mass is 451 g/mol. The van der Waals surface area contributed by atoms with Crippen molar-refractivity contribution < 1.29 is 18.0 Å². The fourth-order valence-corrected chi connectivity index (χ4v) is 4.10. The van der Waals surface area contributed by atoms with Crippen LogP contribution in [0.4, 0.5) is 19.0 Å². The standard InChI is InChI=1S/C19H17ClF3N7O/c20-18-26-16(29-8-13(9-29)28-5-4-24-15(31)10-28)14-7-25-30(17(14)27-18)12-3-1-2-11(6-12)19(21,22)23/h1-3,6-7,13H,4-5,8-10H2,(H,24,31). The minimum atomic E-state index is -4.46. The summed E-state index contributed by atoms with van der Waals surface area (Å²) >= 11 is 6.14. The van der Waals surface area contributed by atoms with Gasteiger partial charge in [-0.3, -0.25) is 9.69 Å². The number of benzene rings is 1. The Hall–Kier alpha value is -2.92. The molecule has 0 unspecified atom stereocenters. The normalized spacial score (nSPS) is 18.3. The van der Waals surface area contributed by atoms with Gasteiger partial charge in [0.2, 0.25) is 11.2 Å². The maximum absolute atomic E-state index is 13.1. The number of fused-ring (bicyclic) bond motifs is 1. The molecule has 8 nitrogen and oxygen atoms in total. The molecule has 5 rings (SSSR count). The average Bonchev–Trinajstić information content (AvgIpc) is 3.10. The van der Waals surface area contributed by atoms with E-state index in [1.807, 2.05) is 4.90 Å². The van der Waals surface area contributed by atoms with Gasteiger partial charge < -0.3 is 10.2 Å². The number of rotatable bonds is 3. The fraction of sp³-hybridized carbons (Fsp3) is 0.368. The Balaban J connectivity index is 1.45. The van der Waals surface area contributed by atoms with E-state index in [-0.39, 0.29) is 22.9 Å². The van der Waals surface area contributed by atoms with Crippen LogP contribution in [0.5, 0.6) is 0 Å². The van der Waals surface area contributed by atoms with Gasteiger partial charge in [-0.25, -0.2) is 4.68 Å². The lowest BCUT2D eigenvalue weighted by molar-refractivity contribution is -0.137. The zero-order valence-electron chi connectivity index (χ0n) is 16.1. The molecule has 2 aliphatic rings. The Morgan fingerprint density at radius 1 is 1.19 bits per heavy atom. The summed E-state index contributed by atoms with van der Waals surface area (Å²) in [4.78, 5) is 24.3. The number of nitrogens with one attached hydrogen (secondary N) is 1. The summed E-state index contributed by atoms with van der Waals surface area (Å²) in [5, 5.41) is 7.63. The van der Waals surface area contributed by atoms with Crippen molar-refractivity contribution in [3.05, 3.63) is 41.3 Å². The lowest BCUT2D eigenvalue weighted by Crippen LogP contribution is -2.64. The van der Waals surface area contributed by atoms with Crippen LogP contribution < -0.4 is 10.2 Å². The molecule has 1 aromatic carbocycles. The third kappa shape index (κ3) is 3.68. The summed E-state index contributed by atoms with van der Waals surface area (Å²) in [5.41, 5.74) is -0.216. The number of aromatic nitrogens is 4. The summed E-state index contributed by atoms with van der Waals surface area (Å²) < 4.78 is 40.7. The zero-order valence-corrected chi connectivity index (χ0v) is 16.9. The van der Waals surface area contributed by atoms with E-state index in [2.05, 4.69) is 25.3 Å². The van der Waals surface area contributed by atoms with E-state index in [4.69, 9.17) is 11.6 Å². The van der Waals surface area contributed by atoms with Crippen LogP contribution in [0.2, 0.25) is 5.28 Å². The van der Waals surface area contributed by atoms with Gasteiger partial charge in [0.15, 0.2) is 5.65 Å². The lowest BCUT2D eigenvalue weighted by atomic mass is 10.1. The number of anilines is 1. The van der Waals surface area contributed by atoms with Gasteiger partial charge in [0.05, 0.1) is 29.4 Å². The van der Waals surface area contributed by atoms with Gasteiger partial charge in [-0.1, -0.05) is 6.07 Å². The Bertz CT molecular complexity index is 1160. The van der Waals surface area contributed by atoms with Crippen molar-refractivity contribution in [3.8, 4) is 5.69 Å². The number of amides is 1. The van der Waals surface area contributed by atoms with Gasteiger partial charge >= 0.3 is 6.18 Å². The SMILES string of the molecule is O=C1CN(C2CN(c3nc(Cl)nc4c3cnn4-c3cccc(C(F)(F)F)c3)C2)CCN1. The summed E-state index contributed by atoms with van der Waals surface area (Å²) in [6.07, 6.45) is -2.93. The second kappa shape index (κ2) is 7.34. The number of halogens is 4. The number of carbonyl (C=O) groups is 1. The molecule has 0 aliphatic carbocycles. The van der Waals surface area contributed by atoms with Crippen LogP contribution in [0, 0.1) is 0 Å². The molecular weight excluding hydrogens is 435 g/mol. The quantitative estimate of drug-likeness (QED) is 0.614. The van der Waals surface area contributed by atoms with Crippen LogP contribution in [-0.4, -0.2) is 69.3 Å².